The van der Waals surface area contributed by atoms with Gasteiger partial charge in [0.05, 0.1) is 19.8 Å². The van der Waals surface area contributed by atoms with Gasteiger partial charge in [-0.25, -0.2) is 4.79 Å². The topological polar surface area (TPSA) is 97.5 Å². The summed E-state index contributed by atoms with van der Waals surface area (Å²) in [6.45, 7) is 2.94. The monoisotopic (exact) mass is 504 g/mol. The molecule has 192 valence electrons. The highest BCUT2D eigenvalue weighted by Crippen LogP contribution is 2.30. The minimum absolute atomic E-state index is 0.162. The first-order chi connectivity index (χ1) is 17.1. The molecule has 7 nitrogen and oxygen atoms in total. The van der Waals surface area contributed by atoms with Gasteiger partial charge in [-0.2, -0.15) is 13.2 Å². The highest BCUT2D eigenvalue weighted by molar-refractivity contribution is 5.95. The Labute approximate surface area is 206 Å². The number of aldehydes is 1. The number of alkyl halides is 3. The molecule has 10 heteroatoms. The Balaban J connectivity index is 0.000000538. The van der Waals surface area contributed by atoms with Gasteiger partial charge >= 0.3 is 12.1 Å². The van der Waals surface area contributed by atoms with Crippen molar-refractivity contribution < 1.29 is 37.0 Å². The number of Topliss-reactive ketones (excluding diaryl/α,β-unsaturated/α-hetero) is 1. The zero-order chi connectivity index (χ0) is 26.3. The molecule has 0 unspecified atom stereocenters. The third-order valence-corrected chi connectivity index (χ3v) is 5.81. The fourth-order valence-corrected chi connectivity index (χ4v) is 4.17. The highest BCUT2D eigenvalue weighted by atomic mass is 19.4. The van der Waals surface area contributed by atoms with Crippen LogP contribution in [0.1, 0.15) is 40.9 Å². The molecule has 1 saturated heterocycles. The van der Waals surface area contributed by atoms with Gasteiger partial charge < -0.3 is 19.8 Å². The summed E-state index contributed by atoms with van der Waals surface area (Å²) >= 11 is 0. The number of nitrogens with one attached hydrogen (secondary N) is 2. The molecule has 2 atom stereocenters. The van der Waals surface area contributed by atoms with Crippen LogP contribution in [0.5, 0.6) is 5.75 Å². The lowest BCUT2D eigenvalue weighted by molar-refractivity contribution is -0.156. The third-order valence-electron chi connectivity index (χ3n) is 5.81. The van der Waals surface area contributed by atoms with E-state index in [4.69, 9.17) is 14.3 Å². The average Bonchev–Trinajstić information content (AvgIpc) is 3.51. The minimum Gasteiger partial charge on any atom is -0.497 e. The molecular weight excluding hydrogens is 477 g/mol. The van der Waals surface area contributed by atoms with Crippen molar-refractivity contribution in [3.05, 3.63) is 65.4 Å². The fourth-order valence-electron chi connectivity index (χ4n) is 4.17. The maximum absolute atomic E-state index is 13.1. The zero-order valence-electron chi connectivity index (χ0n) is 19.9. The van der Waals surface area contributed by atoms with Gasteiger partial charge in [-0.3, -0.25) is 9.59 Å². The Kier molecular flexibility index (Phi) is 8.87. The summed E-state index contributed by atoms with van der Waals surface area (Å²) in [5, 5.41) is 4.27. The van der Waals surface area contributed by atoms with Gasteiger partial charge in [0.15, 0.2) is 5.78 Å². The van der Waals surface area contributed by atoms with E-state index in [9.17, 15) is 22.8 Å². The summed E-state index contributed by atoms with van der Waals surface area (Å²) in [5.41, 5.74) is 3.36. The maximum atomic E-state index is 13.1. The number of ether oxygens (including phenoxy) is 2. The van der Waals surface area contributed by atoms with E-state index in [1.807, 2.05) is 42.5 Å². The molecule has 2 N–H and O–H groups in total. The quantitative estimate of drug-likeness (QED) is 0.367. The number of carbonyl (C=O) groups excluding carboxylic acids is 3. The van der Waals surface area contributed by atoms with Crippen molar-refractivity contribution in [2.24, 2.45) is 0 Å². The van der Waals surface area contributed by atoms with E-state index in [0.29, 0.717) is 18.7 Å². The van der Waals surface area contributed by atoms with Gasteiger partial charge in [0.25, 0.3) is 0 Å². The molecule has 2 aromatic carbocycles. The van der Waals surface area contributed by atoms with E-state index in [0.717, 1.165) is 40.7 Å². The first-order valence-corrected chi connectivity index (χ1v) is 11.4. The predicted molar refractivity (Wildman–Crippen MR) is 127 cm³/mol. The number of halogens is 3. The number of methoxy groups -OCH3 is 1. The second-order valence-corrected chi connectivity index (χ2v) is 8.23. The van der Waals surface area contributed by atoms with Gasteiger partial charge in [-0.15, -0.1) is 0 Å². The average molecular weight is 505 g/mol. The van der Waals surface area contributed by atoms with Crippen molar-refractivity contribution in [2.75, 3.05) is 20.3 Å². The van der Waals surface area contributed by atoms with Crippen LogP contribution in [-0.2, 0) is 20.7 Å². The molecule has 0 amide bonds. The lowest BCUT2D eigenvalue weighted by atomic mass is 9.88. The SMILES string of the molecule is CCOC(=O)c1cc2cc(CC(=O)[C@H]3NCC[C@@H]3c3ccc(OC)cc3)ccc2[nH]1.O=CC(F)(F)F. The first kappa shape index (κ1) is 26.9. The van der Waals surface area contributed by atoms with Gasteiger partial charge in [-0.05, 0) is 61.3 Å². The number of rotatable bonds is 7. The van der Waals surface area contributed by atoms with E-state index < -0.39 is 12.5 Å². The molecule has 0 spiro atoms. The number of aromatic nitrogens is 1. The largest absolute Gasteiger partial charge is 0.497 e. The number of fused-ring (bicyclic) bond motifs is 1. The maximum Gasteiger partial charge on any atom is 0.446 e. The molecule has 0 bridgehead atoms. The van der Waals surface area contributed by atoms with Crippen LogP contribution in [0.4, 0.5) is 13.2 Å². The molecule has 3 aromatic rings. The van der Waals surface area contributed by atoms with Crippen LogP contribution in [0.25, 0.3) is 10.9 Å². The number of esters is 1. The lowest BCUT2D eigenvalue weighted by Crippen LogP contribution is -2.35. The van der Waals surface area contributed by atoms with Crippen LogP contribution in [0.3, 0.4) is 0 Å². The lowest BCUT2D eigenvalue weighted by Gasteiger charge is -2.19. The summed E-state index contributed by atoms with van der Waals surface area (Å²) < 4.78 is 41.5. The van der Waals surface area contributed by atoms with Crippen LogP contribution < -0.4 is 10.1 Å². The van der Waals surface area contributed by atoms with E-state index in [1.165, 1.54) is 0 Å². The minimum atomic E-state index is -4.64. The molecule has 1 aliphatic rings. The van der Waals surface area contributed by atoms with Crippen LogP contribution in [-0.4, -0.2) is 55.5 Å². The molecule has 1 aromatic heterocycles. The second kappa shape index (κ2) is 11.9. The molecule has 0 aliphatic carbocycles. The first-order valence-electron chi connectivity index (χ1n) is 11.4. The third kappa shape index (κ3) is 6.94. The van der Waals surface area contributed by atoms with Crippen molar-refractivity contribution in [3.8, 4) is 5.75 Å². The summed E-state index contributed by atoms with van der Waals surface area (Å²) in [6.07, 6.45) is -4.42. The normalized spacial score (nSPS) is 17.2. The molecule has 2 heterocycles. The fraction of sp³-hybridized carbons (Fsp3) is 0.346. The van der Waals surface area contributed by atoms with E-state index in [1.54, 1.807) is 20.1 Å². The van der Waals surface area contributed by atoms with Crippen LogP contribution in [0, 0.1) is 0 Å². The number of aromatic amines is 1. The Morgan fingerprint density at radius 2 is 1.81 bits per heavy atom. The number of carbonyl (C=O) groups is 3. The number of benzene rings is 2. The zero-order valence-corrected chi connectivity index (χ0v) is 19.9. The predicted octanol–water partition coefficient (Wildman–Crippen LogP) is 4.36. The van der Waals surface area contributed by atoms with Crippen LogP contribution in [0.15, 0.2) is 48.5 Å². The van der Waals surface area contributed by atoms with Crippen LogP contribution >= 0.6 is 0 Å². The molecule has 0 saturated carbocycles. The molecule has 0 radical (unpaired) electrons. The van der Waals surface area contributed by atoms with E-state index in [2.05, 4.69) is 10.3 Å². The summed E-state index contributed by atoms with van der Waals surface area (Å²) in [7, 11) is 1.65. The number of hydrogen-bond donors (Lipinski definition) is 2. The van der Waals surface area contributed by atoms with Crippen molar-refractivity contribution in [3.63, 3.8) is 0 Å². The number of ketones is 1. The van der Waals surface area contributed by atoms with Crippen molar-refractivity contribution in [1.29, 1.82) is 0 Å². The Morgan fingerprint density at radius 3 is 2.42 bits per heavy atom. The second-order valence-electron chi connectivity index (χ2n) is 8.23. The number of hydrogen-bond acceptors (Lipinski definition) is 6. The Hall–Kier alpha value is -3.66. The van der Waals surface area contributed by atoms with Crippen LogP contribution in [0.2, 0.25) is 0 Å². The molecule has 4 rings (SSSR count). The summed E-state index contributed by atoms with van der Waals surface area (Å²) in [4.78, 5) is 36.8. The van der Waals surface area contributed by atoms with Gasteiger partial charge in [0.2, 0.25) is 6.29 Å². The van der Waals surface area contributed by atoms with Crippen molar-refractivity contribution in [2.45, 2.75) is 37.9 Å². The summed E-state index contributed by atoms with van der Waals surface area (Å²) in [5.74, 6) is 0.780. The van der Waals surface area contributed by atoms with Gasteiger partial charge in [-0.1, -0.05) is 18.2 Å². The Morgan fingerprint density at radius 1 is 1.11 bits per heavy atom. The molecular formula is C26H27F3N2O5. The van der Waals surface area contributed by atoms with E-state index >= 15 is 0 Å². The standard InChI is InChI=1S/C24H26N2O4.C2HF3O/c1-3-30-24(28)21-14-17-12-15(4-9-20(17)26-21)13-22(27)23-19(10-11-25-23)16-5-7-18(29-2)8-6-16;3-2(4,5)1-6/h4-9,12,14,19,23,25-26H,3,10-11,13H2,1-2H3;1H/t19-,23+;/m1./s1. The van der Waals surface area contributed by atoms with Gasteiger partial charge in [0, 0.05) is 23.2 Å². The highest BCUT2D eigenvalue weighted by Gasteiger charge is 2.33. The molecule has 36 heavy (non-hydrogen) atoms. The van der Waals surface area contributed by atoms with E-state index in [-0.39, 0.29) is 23.7 Å². The molecule has 1 fully saturated rings. The van der Waals surface area contributed by atoms with Gasteiger partial charge in [0.1, 0.15) is 11.4 Å². The summed E-state index contributed by atoms with van der Waals surface area (Å²) in [6, 6.07) is 15.3. The van der Waals surface area contributed by atoms with Crippen molar-refractivity contribution in [1.82, 2.24) is 10.3 Å². The smallest absolute Gasteiger partial charge is 0.446 e. The molecule has 1 aliphatic heterocycles. The Bertz CT molecular complexity index is 1200. The number of H-pyrrole nitrogens is 1. The van der Waals surface area contributed by atoms with Crippen molar-refractivity contribution >= 4 is 28.9 Å².